The molecule has 3 rings (SSSR count). The van der Waals surface area contributed by atoms with Crippen LogP contribution in [0.3, 0.4) is 0 Å². The van der Waals surface area contributed by atoms with Crippen molar-refractivity contribution in [2.75, 3.05) is 20.6 Å². The highest BCUT2D eigenvalue weighted by Crippen LogP contribution is 2.36. The summed E-state index contributed by atoms with van der Waals surface area (Å²) in [6.07, 6.45) is 12.6. The zero-order valence-electron chi connectivity index (χ0n) is 31.4. The van der Waals surface area contributed by atoms with Crippen molar-refractivity contribution in [1.82, 2.24) is 25.4 Å². The molecule has 1 aromatic heterocycles. The number of nitrogens with one attached hydrogen (secondary N) is 3. The zero-order chi connectivity index (χ0) is 37.9. The van der Waals surface area contributed by atoms with E-state index < -0.39 is 40.9 Å². The molecule has 0 aliphatic heterocycles. The molecule has 0 saturated heterocycles. The Kier molecular flexibility index (Phi) is 19.7. The Balaban J connectivity index is 0.00000104. The van der Waals surface area contributed by atoms with Crippen molar-refractivity contribution >= 4 is 41.2 Å². The third-order valence-corrected chi connectivity index (χ3v) is 8.27. The largest absolute Gasteiger partial charge is 0.480 e. The number of benzene rings is 1. The number of aliphatic carboxylic acids is 1. The lowest BCUT2D eigenvalue weighted by molar-refractivity contribution is -0.136. The summed E-state index contributed by atoms with van der Waals surface area (Å²) < 4.78 is 1.96. The summed E-state index contributed by atoms with van der Waals surface area (Å²) >= 11 is 0. The van der Waals surface area contributed by atoms with Crippen LogP contribution in [-0.4, -0.2) is 82.7 Å². The number of aryl methyl sites for hydroxylation is 1. The van der Waals surface area contributed by atoms with Crippen molar-refractivity contribution in [1.29, 1.82) is 0 Å². The van der Waals surface area contributed by atoms with Crippen LogP contribution in [0.5, 0.6) is 0 Å². The zero-order valence-corrected chi connectivity index (χ0v) is 31.4. The Labute approximate surface area is 292 Å². The molecular weight excluding hydrogens is 626 g/mol. The number of aromatic nitrogens is 1. The molecule has 276 valence electrons. The van der Waals surface area contributed by atoms with E-state index in [2.05, 4.69) is 29.7 Å². The number of amides is 4. The van der Waals surface area contributed by atoms with E-state index in [-0.39, 0.29) is 12.5 Å². The van der Waals surface area contributed by atoms with Crippen molar-refractivity contribution < 1.29 is 34.2 Å². The molecule has 5 N–H and O–H groups in total. The van der Waals surface area contributed by atoms with Gasteiger partial charge in [0.2, 0.25) is 18.2 Å². The Hall–Kier alpha value is -4.35. The monoisotopic (exact) mass is 687 g/mol. The van der Waals surface area contributed by atoms with E-state index in [1.165, 1.54) is 46.2 Å². The van der Waals surface area contributed by atoms with E-state index in [4.69, 9.17) is 5.11 Å². The van der Waals surface area contributed by atoms with Crippen molar-refractivity contribution in [2.45, 2.75) is 105 Å². The molecule has 4 amide bonds. The summed E-state index contributed by atoms with van der Waals surface area (Å²) in [4.78, 5) is 57.8. The third-order valence-electron chi connectivity index (χ3n) is 8.27. The van der Waals surface area contributed by atoms with E-state index in [1.54, 1.807) is 0 Å². The lowest BCUT2D eigenvalue weighted by atomic mass is 9.76. The first kappa shape index (κ1) is 44.6. The normalized spacial score (nSPS) is 16.1. The SMILES string of the molecule is CC.CC1CC/C=C/CCC1.CNC(=O)C(NC(=O)C(N(C)C(=O)O)C(C)(C)c1cn(C)c2ccccc12)C(C)(C)C.O=CNCC(=O)O. The molecule has 0 spiro atoms. The fourth-order valence-electron chi connectivity index (χ4n) is 5.62. The van der Waals surface area contributed by atoms with Gasteiger partial charge in [0.1, 0.15) is 18.6 Å². The quantitative estimate of drug-likeness (QED) is 0.166. The van der Waals surface area contributed by atoms with Crippen molar-refractivity contribution in [3.05, 3.63) is 48.2 Å². The van der Waals surface area contributed by atoms with Gasteiger partial charge in [0.15, 0.2) is 0 Å². The molecule has 49 heavy (non-hydrogen) atoms. The number of nitrogens with zero attached hydrogens (tertiary/aromatic N) is 2. The van der Waals surface area contributed by atoms with Gasteiger partial charge in [-0.25, -0.2) is 4.79 Å². The smallest absolute Gasteiger partial charge is 0.407 e. The fourth-order valence-corrected chi connectivity index (χ4v) is 5.62. The molecule has 0 radical (unpaired) electrons. The number of hydrogen-bond acceptors (Lipinski definition) is 5. The van der Waals surface area contributed by atoms with Gasteiger partial charge in [0, 0.05) is 43.7 Å². The molecule has 1 aromatic carbocycles. The number of fused-ring (bicyclic) bond motifs is 1. The van der Waals surface area contributed by atoms with E-state index >= 15 is 0 Å². The number of carboxylic acid groups (broad SMARTS) is 2. The van der Waals surface area contributed by atoms with Gasteiger partial charge in [-0.05, 0) is 48.6 Å². The van der Waals surface area contributed by atoms with Crippen LogP contribution in [0.15, 0.2) is 42.6 Å². The van der Waals surface area contributed by atoms with Gasteiger partial charge in [-0.1, -0.05) is 92.2 Å². The van der Waals surface area contributed by atoms with Gasteiger partial charge in [-0.15, -0.1) is 0 Å². The number of carbonyl (C=O) groups is 5. The summed E-state index contributed by atoms with van der Waals surface area (Å²) in [6, 6.07) is 5.91. The molecule has 12 nitrogen and oxygen atoms in total. The number of para-hydroxylation sites is 1. The maximum Gasteiger partial charge on any atom is 0.407 e. The minimum atomic E-state index is -1.22. The first-order valence-corrected chi connectivity index (χ1v) is 17.0. The second-order valence-corrected chi connectivity index (χ2v) is 13.6. The van der Waals surface area contributed by atoms with Crippen LogP contribution >= 0.6 is 0 Å². The molecule has 12 heteroatoms. The van der Waals surface area contributed by atoms with Crippen LogP contribution in [0, 0.1) is 11.3 Å². The summed E-state index contributed by atoms with van der Waals surface area (Å²) in [6.45, 7) is 15.3. The number of allylic oxidation sites excluding steroid dienone is 2. The average Bonchev–Trinajstić information content (AvgIpc) is 3.38. The van der Waals surface area contributed by atoms with Gasteiger partial charge in [-0.2, -0.15) is 0 Å². The highest BCUT2D eigenvalue weighted by molar-refractivity contribution is 5.94. The molecule has 3 unspecified atom stereocenters. The van der Waals surface area contributed by atoms with Crippen molar-refractivity contribution in [3.63, 3.8) is 0 Å². The molecule has 0 bridgehead atoms. The van der Waals surface area contributed by atoms with E-state index in [0.29, 0.717) is 6.41 Å². The predicted octanol–water partition coefficient (Wildman–Crippen LogP) is 5.70. The lowest BCUT2D eigenvalue weighted by Gasteiger charge is -2.40. The van der Waals surface area contributed by atoms with Crippen LogP contribution in [0.2, 0.25) is 0 Å². The number of carbonyl (C=O) groups excluding carboxylic acids is 3. The van der Waals surface area contributed by atoms with Gasteiger partial charge in [0.25, 0.3) is 0 Å². The fraction of sp³-hybridized carbons (Fsp3) is 0.595. The molecule has 1 aliphatic rings. The summed E-state index contributed by atoms with van der Waals surface area (Å²) in [5, 5.41) is 25.9. The lowest BCUT2D eigenvalue weighted by Crippen LogP contribution is -2.61. The number of hydrogen-bond donors (Lipinski definition) is 5. The minimum absolute atomic E-state index is 0.302. The van der Waals surface area contributed by atoms with Crippen LogP contribution in [0.1, 0.15) is 93.1 Å². The van der Waals surface area contributed by atoms with Crippen LogP contribution < -0.4 is 16.0 Å². The van der Waals surface area contributed by atoms with Crippen LogP contribution in [0.4, 0.5) is 4.79 Å². The predicted molar refractivity (Wildman–Crippen MR) is 195 cm³/mol. The van der Waals surface area contributed by atoms with Crippen LogP contribution in [0.25, 0.3) is 10.9 Å². The van der Waals surface area contributed by atoms with Crippen molar-refractivity contribution in [2.24, 2.45) is 18.4 Å². The van der Waals surface area contributed by atoms with E-state index in [0.717, 1.165) is 27.3 Å². The molecule has 3 atom stereocenters. The first-order valence-electron chi connectivity index (χ1n) is 17.0. The molecular formula is C37H61N5O7. The van der Waals surface area contributed by atoms with Gasteiger partial charge in [0.05, 0.1) is 0 Å². The molecule has 0 saturated carbocycles. The number of rotatable bonds is 9. The highest BCUT2D eigenvalue weighted by Gasteiger charge is 2.45. The highest BCUT2D eigenvalue weighted by atomic mass is 16.4. The Morgan fingerprint density at radius 2 is 1.59 bits per heavy atom. The van der Waals surface area contributed by atoms with Crippen LogP contribution in [-0.2, 0) is 31.6 Å². The molecule has 1 aliphatic carbocycles. The Morgan fingerprint density at radius 1 is 1.00 bits per heavy atom. The molecule has 2 aromatic rings. The standard InChI is InChI=1S/C23H34N4O4.C9H16.C3H5NO3.C2H6/c1-22(2,3)17(19(28)24-6)25-20(29)18(27(8)21(30)31)23(4,5)15-13-26(7)16-12-10-9-11-14(15)16;1-9-7-5-3-2-4-6-8-9;5-2-4-1-3(6)7;1-2/h9-13,17-18H,1-8H3,(H,24,28)(H,25,29)(H,30,31);2-3,9H,4-8H2,1H3;2H,1H2,(H,4,5)(H,6,7);1-2H3/b;3-2+;;. The first-order chi connectivity index (χ1) is 22.9. The summed E-state index contributed by atoms with van der Waals surface area (Å²) in [5.41, 5.74) is 0.390. The summed E-state index contributed by atoms with van der Waals surface area (Å²) in [7, 11) is 4.80. The maximum atomic E-state index is 13.5. The molecule has 0 fully saturated rings. The third kappa shape index (κ3) is 14.3. The minimum Gasteiger partial charge on any atom is -0.480 e. The molecule has 1 heterocycles. The Morgan fingerprint density at radius 3 is 2.10 bits per heavy atom. The van der Waals surface area contributed by atoms with Gasteiger partial charge >= 0.3 is 12.1 Å². The average molecular weight is 688 g/mol. The Bertz CT molecular complexity index is 1380. The number of carboxylic acids is 1. The van der Waals surface area contributed by atoms with Gasteiger partial charge < -0.3 is 30.7 Å². The summed E-state index contributed by atoms with van der Waals surface area (Å²) in [5.74, 6) is -0.922. The number of likely N-dealkylation sites (N-methyl/N-ethyl adjacent to an activating group) is 2. The van der Waals surface area contributed by atoms with E-state index in [1.807, 2.05) is 95.9 Å². The maximum absolute atomic E-state index is 13.5. The second-order valence-electron chi connectivity index (χ2n) is 13.6. The second kappa shape index (κ2) is 21.6. The van der Waals surface area contributed by atoms with Crippen molar-refractivity contribution in [3.8, 4) is 0 Å². The topological polar surface area (TPSA) is 170 Å². The van der Waals surface area contributed by atoms with Gasteiger partial charge in [-0.3, -0.25) is 24.1 Å². The van der Waals surface area contributed by atoms with E-state index in [9.17, 15) is 29.1 Å².